The molecule has 0 spiro atoms. The number of fused-ring (bicyclic) bond motifs is 5. The zero-order valence-electron chi connectivity index (χ0n) is 16.8. The van der Waals surface area contributed by atoms with E-state index in [9.17, 15) is 14.7 Å². The zero-order chi connectivity index (χ0) is 20.1. The largest absolute Gasteiger partial charge is 0.443 e. The molecule has 2 aliphatic rings. The molecule has 0 unspecified atom stereocenters. The van der Waals surface area contributed by atoms with Gasteiger partial charge in [-0.2, -0.15) is 0 Å². The number of carbonyl (C=O) groups excluding carboxylic acids is 2. The first-order valence-corrected chi connectivity index (χ1v) is 10.1. The molecule has 150 valence electrons. The van der Waals surface area contributed by atoms with E-state index in [1.807, 2.05) is 49.9 Å². The van der Waals surface area contributed by atoms with E-state index < -0.39 is 11.7 Å². The number of aliphatic hydroxyl groups is 1. The van der Waals surface area contributed by atoms with Gasteiger partial charge in [0, 0.05) is 25.0 Å². The smallest absolute Gasteiger partial charge is 0.419 e. The lowest BCUT2D eigenvalue weighted by atomic mass is 9.83. The number of aromatic nitrogens is 1. The lowest BCUT2D eigenvalue weighted by molar-refractivity contribution is -0.139. The van der Waals surface area contributed by atoms with Crippen molar-refractivity contribution in [2.45, 2.75) is 58.1 Å². The SMILES string of the molecule is CC(C)(C)OC(=O)n1c2c(c3ccccc31)CCN1C(=O)C[C@@H](CCO)C[C@@H]21. The highest BCUT2D eigenvalue weighted by Gasteiger charge is 2.42. The van der Waals surface area contributed by atoms with E-state index >= 15 is 0 Å². The van der Waals surface area contributed by atoms with Crippen LogP contribution in [0.1, 0.15) is 57.3 Å². The Labute approximate surface area is 165 Å². The van der Waals surface area contributed by atoms with Crippen molar-refractivity contribution in [2.75, 3.05) is 13.2 Å². The summed E-state index contributed by atoms with van der Waals surface area (Å²) in [4.78, 5) is 27.8. The second-order valence-electron chi connectivity index (χ2n) is 8.87. The second kappa shape index (κ2) is 6.92. The summed E-state index contributed by atoms with van der Waals surface area (Å²) in [5, 5.41) is 10.4. The van der Waals surface area contributed by atoms with Crippen molar-refractivity contribution >= 4 is 22.9 Å². The molecule has 2 aliphatic heterocycles. The Bertz CT molecular complexity index is 924. The van der Waals surface area contributed by atoms with E-state index in [2.05, 4.69) is 0 Å². The van der Waals surface area contributed by atoms with Crippen LogP contribution in [0.2, 0.25) is 0 Å². The van der Waals surface area contributed by atoms with E-state index in [1.165, 1.54) is 0 Å². The maximum Gasteiger partial charge on any atom is 0.419 e. The van der Waals surface area contributed by atoms with Crippen LogP contribution in [0.4, 0.5) is 4.79 Å². The van der Waals surface area contributed by atoms with Gasteiger partial charge in [0.2, 0.25) is 5.91 Å². The fourth-order valence-corrected chi connectivity index (χ4v) is 4.68. The van der Waals surface area contributed by atoms with E-state index in [4.69, 9.17) is 4.74 Å². The number of nitrogens with zero attached hydrogens (tertiary/aromatic N) is 2. The molecule has 1 N–H and O–H groups in total. The number of ether oxygens (including phenoxy) is 1. The van der Waals surface area contributed by atoms with Gasteiger partial charge in [-0.1, -0.05) is 18.2 Å². The lowest BCUT2D eigenvalue weighted by Crippen LogP contribution is -2.46. The number of piperidine rings is 1. The normalized spacial score (nSPS) is 22.1. The molecule has 0 aliphatic carbocycles. The molecule has 1 aromatic carbocycles. The Hall–Kier alpha value is -2.34. The van der Waals surface area contributed by atoms with Gasteiger partial charge in [-0.05, 0) is 57.6 Å². The van der Waals surface area contributed by atoms with E-state index in [0.717, 1.165) is 35.0 Å². The third-order valence-electron chi connectivity index (χ3n) is 5.77. The number of carbonyl (C=O) groups is 2. The highest BCUT2D eigenvalue weighted by Crippen LogP contribution is 2.44. The van der Waals surface area contributed by atoms with Crippen LogP contribution in [-0.4, -0.2) is 45.3 Å². The van der Waals surface area contributed by atoms with Gasteiger partial charge in [-0.25, -0.2) is 9.36 Å². The monoisotopic (exact) mass is 384 g/mol. The number of amides is 1. The van der Waals surface area contributed by atoms with Crippen LogP contribution in [0.15, 0.2) is 24.3 Å². The van der Waals surface area contributed by atoms with Gasteiger partial charge < -0.3 is 14.7 Å². The van der Waals surface area contributed by atoms with E-state index in [-0.39, 0.29) is 24.5 Å². The molecule has 4 rings (SSSR count). The van der Waals surface area contributed by atoms with Crippen molar-refractivity contribution in [3.05, 3.63) is 35.5 Å². The van der Waals surface area contributed by atoms with Gasteiger partial charge in [-0.3, -0.25) is 4.79 Å². The van der Waals surface area contributed by atoms with Gasteiger partial charge in [0.25, 0.3) is 0 Å². The van der Waals surface area contributed by atoms with Crippen molar-refractivity contribution in [3.63, 3.8) is 0 Å². The maximum atomic E-state index is 13.2. The summed E-state index contributed by atoms with van der Waals surface area (Å²) < 4.78 is 7.40. The first-order valence-electron chi connectivity index (χ1n) is 10.1. The molecule has 1 saturated heterocycles. The minimum atomic E-state index is -0.606. The van der Waals surface area contributed by atoms with Gasteiger partial charge >= 0.3 is 6.09 Å². The zero-order valence-corrected chi connectivity index (χ0v) is 16.8. The Balaban J connectivity index is 1.87. The van der Waals surface area contributed by atoms with Crippen molar-refractivity contribution in [2.24, 2.45) is 5.92 Å². The molecular weight excluding hydrogens is 356 g/mol. The summed E-state index contributed by atoms with van der Waals surface area (Å²) in [6, 6.07) is 7.74. The van der Waals surface area contributed by atoms with Gasteiger partial charge in [-0.15, -0.1) is 0 Å². The highest BCUT2D eigenvalue weighted by molar-refractivity contribution is 5.94. The number of hydrogen-bond acceptors (Lipinski definition) is 4. The average Bonchev–Trinajstić information content (AvgIpc) is 2.96. The Morgan fingerprint density at radius 1 is 1.29 bits per heavy atom. The third kappa shape index (κ3) is 3.20. The van der Waals surface area contributed by atoms with Crippen LogP contribution >= 0.6 is 0 Å². The van der Waals surface area contributed by atoms with Crippen molar-refractivity contribution < 1.29 is 19.4 Å². The van der Waals surface area contributed by atoms with E-state index in [0.29, 0.717) is 19.4 Å². The number of aliphatic hydroxyl groups excluding tert-OH is 1. The topological polar surface area (TPSA) is 71.8 Å². The van der Waals surface area contributed by atoms with Crippen LogP contribution in [0.5, 0.6) is 0 Å². The minimum Gasteiger partial charge on any atom is -0.443 e. The summed E-state index contributed by atoms with van der Waals surface area (Å²) in [5.74, 6) is 0.246. The molecule has 1 aromatic heterocycles. The average molecular weight is 384 g/mol. The van der Waals surface area contributed by atoms with Gasteiger partial charge in [0.15, 0.2) is 0 Å². The molecule has 1 amide bonds. The number of rotatable bonds is 2. The molecule has 28 heavy (non-hydrogen) atoms. The summed E-state index contributed by atoms with van der Waals surface area (Å²) in [6.45, 7) is 6.32. The van der Waals surface area contributed by atoms with E-state index in [1.54, 1.807) is 4.57 Å². The van der Waals surface area contributed by atoms with Crippen LogP contribution in [-0.2, 0) is 16.0 Å². The second-order valence-corrected chi connectivity index (χ2v) is 8.87. The van der Waals surface area contributed by atoms with Crippen LogP contribution in [0.3, 0.4) is 0 Å². The predicted molar refractivity (Wildman–Crippen MR) is 106 cm³/mol. The van der Waals surface area contributed by atoms with Crippen molar-refractivity contribution in [1.82, 2.24) is 9.47 Å². The fraction of sp³-hybridized carbons (Fsp3) is 0.545. The molecule has 6 heteroatoms. The number of benzene rings is 1. The quantitative estimate of drug-likeness (QED) is 0.858. The Kier molecular flexibility index (Phi) is 4.70. The lowest BCUT2D eigenvalue weighted by Gasteiger charge is -2.42. The molecule has 6 nitrogen and oxygen atoms in total. The first kappa shape index (κ1) is 19.0. The van der Waals surface area contributed by atoms with Crippen LogP contribution < -0.4 is 0 Å². The molecule has 3 heterocycles. The highest BCUT2D eigenvalue weighted by atomic mass is 16.6. The molecule has 1 fully saturated rings. The first-order chi connectivity index (χ1) is 13.3. The van der Waals surface area contributed by atoms with Crippen molar-refractivity contribution in [1.29, 1.82) is 0 Å². The Morgan fingerprint density at radius 3 is 2.75 bits per heavy atom. The van der Waals surface area contributed by atoms with Crippen molar-refractivity contribution in [3.8, 4) is 0 Å². The molecule has 2 aromatic rings. The molecule has 2 atom stereocenters. The molecule has 0 saturated carbocycles. The standard InChI is InChI=1S/C22H28N2O4/c1-22(2,3)28-21(27)24-17-7-5-4-6-15(17)16-8-10-23-18(20(16)24)12-14(9-11-25)13-19(23)26/h4-7,14,18,25H,8-13H2,1-3H3/t14-,18-/m0/s1. The Morgan fingerprint density at radius 2 is 2.04 bits per heavy atom. The van der Waals surface area contributed by atoms with Gasteiger partial charge in [0.05, 0.1) is 17.3 Å². The number of para-hydroxylation sites is 1. The molecule has 0 radical (unpaired) electrons. The predicted octanol–water partition coefficient (Wildman–Crippen LogP) is 3.64. The fourth-order valence-electron chi connectivity index (χ4n) is 4.68. The molecule has 0 bridgehead atoms. The summed E-state index contributed by atoms with van der Waals surface area (Å²) >= 11 is 0. The maximum absolute atomic E-state index is 13.2. The van der Waals surface area contributed by atoms with Gasteiger partial charge in [0.1, 0.15) is 5.60 Å². The third-order valence-corrected chi connectivity index (χ3v) is 5.77. The van der Waals surface area contributed by atoms with Crippen LogP contribution in [0, 0.1) is 5.92 Å². The summed E-state index contributed by atoms with van der Waals surface area (Å²) in [5.41, 5.74) is 2.25. The van der Waals surface area contributed by atoms with Crippen LogP contribution in [0.25, 0.3) is 10.9 Å². The minimum absolute atomic E-state index is 0.0760. The summed E-state index contributed by atoms with van der Waals surface area (Å²) in [6.07, 6.45) is 2.18. The number of hydrogen-bond donors (Lipinski definition) is 1. The summed E-state index contributed by atoms with van der Waals surface area (Å²) in [7, 11) is 0. The molecular formula is C22H28N2O4.